The van der Waals surface area contributed by atoms with Crippen molar-refractivity contribution in [3.05, 3.63) is 24.0 Å². The van der Waals surface area contributed by atoms with Crippen LogP contribution in [-0.4, -0.2) is 84.6 Å². The maximum absolute atomic E-state index is 12.5. The lowest BCUT2D eigenvalue weighted by atomic mass is 10.1. The fourth-order valence-corrected chi connectivity index (χ4v) is 4.78. The maximum Gasteiger partial charge on any atom is 0.270 e. The third kappa shape index (κ3) is 4.24. The Kier molecular flexibility index (Phi) is 5.50. The van der Waals surface area contributed by atoms with Crippen LogP contribution in [0.15, 0.2) is 18.3 Å². The minimum absolute atomic E-state index is 0.0340. The largest absolute Gasteiger partial charge is 0.347 e. The smallest absolute Gasteiger partial charge is 0.270 e. The van der Waals surface area contributed by atoms with Crippen LogP contribution in [0.4, 0.5) is 0 Å². The van der Waals surface area contributed by atoms with Crippen molar-refractivity contribution < 1.29 is 13.2 Å². The first kappa shape index (κ1) is 18.4. The summed E-state index contributed by atoms with van der Waals surface area (Å²) in [5, 5.41) is 0. The third-order valence-electron chi connectivity index (χ3n) is 5.23. The Morgan fingerprint density at radius 1 is 1.24 bits per heavy atom. The molecule has 7 nitrogen and oxygen atoms in total. The fraction of sp³-hybridized carbons (Fsp3) is 0.706. The van der Waals surface area contributed by atoms with Gasteiger partial charge in [-0.25, -0.2) is 8.42 Å². The van der Waals surface area contributed by atoms with Crippen molar-refractivity contribution in [1.29, 1.82) is 0 Å². The first-order chi connectivity index (χ1) is 11.9. The van der Waals surface area contributed by atoms with E-state index in [1.807, 2.05) is 19.3 Å². The molecule has 1 aromatic heterocycles. The van der Waals surface area contributed by atoms with Crippen molar-refractivity contribution in [3.8, 4) is 0 Å². The first-order valence-electron chi connectivity index (χ1n) is 8.96. The molecule has 0 radical (unpaired) electrons. The highest BCUT2D eigenvalue weighted by Crippen LogP contribution is 2.21. The van der Waals surface area contributed by atoms with E-state index in [9.17, 15) is 13.2 Å². The average molecular weight is 369 g/mol. The van der Waals surface area contributed by atoms with Gasteiger partial charge in [-0.3, -0.25) is 4.79 Å². The summed E-state index contributed by atoms with van der Waals surface area (Å²) in [6.45, 7) is 4.33. The van der Waals surface area contributed by atoms with Gasteiger partial charge in [0.05, 0.1) is 12.3 Å². The van der Waals surface area contributed by atoms with Gasteiger partial charge in [0.2, 0.25) is 10.0 Å². The summed E-state index contributed by atoms with van der Waals surface area (Å²) in [5.74, 6) is -0.0340. The Morgan fingerprint density at radius 3 is 2.48 bits per heavy atom. The van der Waals surface area contributed by atoms with Crippen LogP contribution < -0.4 is 0 Å². The van der Waals surface area contributed by atoms with Gasteiger partial charge in [-0.2, -0.15) is 4.31 Å². The second-order valence-electron chi connectivity index (χ2n) is 7.14. The second kappa shape index (κ2) is 7.47. The molecule has 0 atom stereocenters. The van der Waals surface area contributed by atoms with Crippen molar-refractivity contribution in [1.82, 2.24) is 18.7 Å². The number of aromatic nitrogens is 1. The number of amides is 1. The van der Waals surface area contributed by atoms with Crippen molar-refractivity contribution in [2.75, 3.05) is 45.5 Å². The lowest BCUT2D eigenvalue weighted by molar-refractivity contribution is 0.0428. The molecular formula is C17H28N4O3S. The summed E-state index contributed by atoms with van der Waals surface area (Å²) < 4.78 is 27.8. The zero-order valence-corrected chi connectivity index (χ0v) is 15.9. The molecule has 25 heavy (non-hydrogen) atoms. The Hall–Kier alpha value is -1.38. The summed E-state index contributed by atoms with van der Waals surface area (Å²) in [6.07, 6.45) is 6.77. The van der Waals surface area contributed by atoms with Gasteiger partial charge in [0, 0.05) is 39.4 Å². The Balaban J connectivity index is 1.56. The van der Waals surface area contributed by atoms with Gasteiger partial charge in [0.25, 0.3) is 5.91 Å². The van der Waals surface area contributed by atoms with Crippen LogP contribution in [0.25, 0.3) is 0 Å². The first-order valence-corrected chi connectivity index (χ1v) is 10.8. The molecule has 8 heteroatoms. The molecule has 2 aliphatic heterocycles. The minimum atomic E-state index is -3.27. The average Bonchev–Trinajstić information content (AvgIpc) is 2.94. The molecule has 3 heterocycles. The zero-order valence-electron chi connectivity index (χ0n) is 15.1. The molecule has 1 aromatic rings. The number of likely N-dealkylation sites (tertiary alicyclic amines) is 2. The van der Waals surface area contributed by atoms with Crippen molar-refractivity contribution in [3.63, 3.8) is 0 Å². The molecule has 0 aromatic carbocycles. The number of hydrogen-bond donors (Lipinski definition) is 0. The Morgan fingerprint density at radius 2 is 1.92 bits per heavy atom. The van der Waals surface area contributed by atoms with E-state index < -0.39 is 10.0 Å². The maximum atomic E-state index is 12.5. The predicted octanol–water partition coefficient (Wildman–Crippen LogP) is 0.597. The van der Waals surface area contributed by atoms with Gasteiger partial charge in [-0.1, -0.05) is 6.42 Å². The van der Waals surface area contributed by atoms with Crippen LogP contribution in [0, 0.1) is 0 Å². The molecule has 0 saturated carbocycles. The standard InChI is InChI=1S/C17H28N4O3S/c1-18-8-6-7-16(18)17(22)20-13-15(14-20)21(25(2,23)24)12-11-19-9-4-3-5-10-19/h6-8,15H,3-5,9-14H2,1-2H3. The highest BCUT2D eigenvalue weighted by Gasteiger charge is 2.39. The number of hydrogen-bond acceptors (Lipinski definition) is 4. The van der Waals surface area contributed by atoms with Crippen LogP contribution in [-0.2, 0) is 17.1 Å². The Labute approximate surface area is 150 Å². The van der Waals surface area contributed by atoms with Crippen LogP contribution in [0.2, 0.25) is 0 Å². The van der Waals surface area contributed by atoms with E-state index in [1.54, 1.807) is 19.8 Å². The molecule has 2 aliphatic rings. The predicted molar refractivity (Wildman–Crippen MR) is 96.9 cm³/mol. The summed E-state index contributed by atoms with van der Waals surface area (Å²) in [5.41, 5.74) is 0.637. The van der Waals surface area contributed by atoms with Gasteiger partial charge in [-0.05, 0) is 38.1 Å². The lowest BCUT2D eigenvalue weighted by Gasteiger charge is -2.44. The lowest BCUT2D eigenvalue weighted by Crippen LogP contribution is -2.63. The van der Waals surface area contributed by atoms with Crippen LogP contribution in [0.3, 0.4) is 0 Å². The fourth-order valence-electron chi connectivity index (χ4n) is 3.69. The van der Waals surface area contributed by atoms with Gasteiger partial charge < -0.3 is 14.4 Å². The molecule has 3 rings (SSSR count). The number of carbonyl (C=O) groups is 1. The van der Waals surface area contributed by atoms with E-state index in [0.717, 1.165) is 19.6 Å². The van der Waals surface area contributed by atoms with Crippen molar-refractivity contribution >= 4 is 15.9 Å². The SMILES string of the molecule is Cn1cccc1C(=O)N1CC(N(CCN2CCCCC2)S(C)(=O)=O)C1. The summed E-state index contributed by atoms with van der Waals surface area (Å²) in [4.78, 5) is 16.5. The number of aryl methyl sites for hydroxylation is 1. The van der Waals surface area contributed by atoms with E-state index in [1.165, 1.54) is 25.5 Å². The Bertz CT molecular complexity index is 703. The van der Waals surface area contributed by atoms with Gasteiger partial charge >= 0.3 is 0 Å². The monoisotopic (exact) mass is 368 g/mol. The van der Waals surface area contributed by atoms with E-state index in [0.29, 0.717) is 25.3 Å². The van der Waals surface area contributed by atoms with Crippen molar-refractivity contribution in [2.24, 2.45) is 7.05 Å². The molecule has 2 fully saturated rings. The molecule has 0 aliphatic carbocycles. The molecule has 0 unspecified atom stereocenters. The van der Waals surface area contributed by atoms with Crippen molar-refractivity contribution in [2.45, 2.75) is 25.3 Å². The van der Waals surface area contributed by atoms with Gasteiger partial charge in [-0.15, -0.1) is 0 Å². The van der Waals surface area contributed by atoms with Crippen LogP contribution >= 0.6 is 0 Å². The second-order valence-corrected chi connectivity index (χ2v) is 9.08. The third-order valence-corrected chi connectivity index (χ3v) is 6.56. The summed E-state index contributed by atoms with van der Waals surface area (Å²) in [6, 6.07) is 3.52. The number of sulfonamides is 1. The normalized spacial score (nSPS) is 20.0. The van der Waals surface area contributed by atoms with Gasteiger partial charge in [0.15, 0.2) is 0 Å². The van der Waals surface area contributed by atoms with E-state index in [2.05, 4.69) is 4.90 Å². The molecule has 0 N–H and O–H groups in total. The molecule has 0 bridgehead atoms. The molecular weight excluding hydrogens is 340 g/mol. The molecule has 1 amide bonds. The molecule has 2 saturated heterocycles. The van der Waals surface area contributed by atoms with Crippen LogP contribution in [0.5, 0.6) is 0 Å². The van der Waals surface area contributed by atoms with Crippen LogP contribution in [0.1, 0.15) is 29.8 Å². The number of piperidine rings is 1. The molecule has 0 spiro atoms. The van der Waals surface area contributed by atoms with Gasteiger partial charge in [0.1, 0.15) is 5.69 Å². The number of carbonyl (C=O) groups excluding carboxylic acids is 1. The van der Waals surface area contributed by atoms with E-state index in [4.69, 9.17) is 0 Å². The number of rotatable bonds is 6. The minimum Gasteiger partial charge on any atom is -0.347 e. The topological polar surface area (TPSA) is 65.9 Å². The molecule has 140 valence electrons. The quantitative estimate of drug-likeness (QED) is 0.737. The number of nitrogens with zero attached hydrogens (tertiary/aromatic N) is 4. The van der Waals surface area contributed by atoms with E-state index in [-0.39, 0.29) is 11.9 Å². The highest BCUT2D eigenvalue weighted by atomic mass is 32.2. The summed E-state index contributed by atoms with van der Waals surface area (Å²) >= 11 is 0. The summed E-state index contributed by atoms with van der Waals surface area (Å²) in [7, 11) is -1.43. The highest BCUT2D eigenvalue weighted by molar-refractivity contribution is 7.88. The zero-order chi connectivity index (χ0) is 18.0. The van der Waals surface area contributed by atoms with E-state index >= 15 is 0 Å².